The van der Waals surface area contributed by atoms with E-state index in [0.717, 1.165) is 17.8 Å². The monoisotopic (exact) mass is 300 g/mol. The number of benzene rings is 1. The molecule has 0 heterocycles. The molecule has 2 rings (SSSR count). The van der Waals surface area contributed by atoms with Gasteiger partial charge in [0.05, 0.1) is 5.41 Å². The average Bonchev–Trinajstić information content (AvgIpc) is 2.82. The number of hydrogen-bond donors (Lipinski definition) is 1. The minimum atomic E-state index is -0.937. The number of carbonyl (C=O) groups excluding carboxylic acids is 1. The summed E-state index contributed by atoms with van der Waals surface area (Å²) in [5.41, 5.74) is 1.19. The summed E-state index contributed by atoms with van der Waals surface area (Å²) in [5, 5.41) is 2.94. The lowest BCUT2D eigenvalue weighted by Gasteiger charge is -2.17. The second-order valence-electron chi connectivity index (χ2n) is 5.56. The number of alkyl halides is 2. The van der Waals surface area contributed by atoms with Crippen molar-refractivity contribution in [2.75, 3.05) is 19.4 Å². The largest absolute Gasteiger partial charge is 0.325 e. The lowest BCUT2D eigenvalue weighted by atomic mass is 10.1. The molecule has 1 saturated carbocycles. The third-order valence-electron chi connectivity index (χ3n) is 3.51. The van der Waals surface area contributed by atoms with Crippen molar-refractivity contribution in [2.45, 2.75) is 24.2 Å². The zero-order valence-electron chi connectivity index (χ0n) is 11.3. The van der Waals surface area contributed by atoms with Crippen molar-refractivity contribution in [3.8, 4) is 0 Å². The topological polar surface area (TPSA) is 32.3 Å². The summed E-state index contributed by atoms with van der Waals surface area (Å²) in [6.45, 7) is 2.55. The SMILES string of the molecule is CN(C)Cc1ccccc1NC(=O)C1(C)CC1(Cl)Cl. The van der Waals surface area contributed by atoms with E-state index in [4.69, 9.17) is 23.2 Å². The van der Waals surface area contributed by atoms with E-state index in [9.17, 15) is 4.79 Å². The van der Waals surface area contributed by atoms with Crippen molar-refractivity contribution >= 4 is 34.8 Å². The quantitative estimate of drug-likeness (QED) is 0.866. The van der Waals surface area contributed by atoms with Crippen LogP contribution < -0.4 is 5.32 Å². The van der Waals surface area contributed by atoms with Gasteiger partial charge in [-0.05, 0) is 39.1 Å². The van der Waals surface area contributed by atoms with Crippen LogP contribution in [0, 0.1) is 5.41 Å². The zero-order valence-corrected chi connectivity index (χ0v) is 12.8. The van der Waals surface area contributed by atoms with Gasteiger partial charge in [0.25, 0.3) is 0 Å². The highest BCUT2D eigenvalue weighted by Gasteiger charge is 2.67. The Kier molecular flexibility index (Phi) is 3.83. The van der Waals surface area contributed by atoms with Crippen molar-refractivity contribution < 1.29 is 4.79 Å². The first-order valence-electron chi connectivity index (χ1n) is 6.18. The fraction of sp³-hybridized carbons (Fsp3) is 0.500. The molecule has 0 aromatic heterocycles. The first kappa shape index (κ1) is 14.6. The van der Waals surface area contributed by atoms with Crippen LogP contribution in [0.4, 0.5) is 5.69 Å². The Labute approximate surface area is 123 Å². The summed E-state index contributed by atoms with van der Waals surface area (Å²) < 4.78 is -0.937. The van der Waals surface area contributed by atoms with E-state index >= 15 is 0 Å². The molecule has 0 bridgehead atoms. The van der Waals surface area contributed by atoms with Gasteiger partial charge in [0.15, 0.2) is 0 Å². The molecule has 0 spiro atoms. The van der Waals surface area contributed by atoms with Crippen molar-refractivity contribution in [2.24, 2.45) is 5.41 Å². The molecule has 1 amide bonds. The molecule has 1 aliphatic carbocycles. The first-order chi connectivity index (χ1) is 8.76. The van der Waals surface area contributed by atoms with E-state index in [1.165, 1.54) is 0 Å². The van der Waals surface area contributed by atoms with Gasteiger partial charge < -0.3 is 10.2 Å². The molecule has 5 heteroatoms. The number of amides is 1. The van der Waals surface area contributed by atoms with Crippen LogP contribution in [-0.2, 0) is 11.3 Å². The second-order valence-corrected chi connectivity index (χ2v) is 7.05. The summed E-state index contributed by atoms with van der Waals surface area (Å²) >= 11 is 12.1. The fourth-order valence-electron chi connectivity index (χ4n) is 2.03. The van der Waals surface area contributed by atoms with Gasteiger partial charge in [-0.1, -0.05) is 18.2 Å². The maximum Gasteiger partial charge on any atom is 0.233 e. The molecule has 19 heavy (non-hydrogen) atoms. The molecule has 3 nitrogen and oxygen atoms in total. The number of hydrogen-bond acceptors (Lipinski definition) is 2. The summed E-state index contributed by atoms with van der Waals surface area (Å²) in [6, 6.07) is 7.76. The molecule has 1 unspecified atom stereocenters. The first-order valence-corrected chi connectivity index (χ1v) is 6.94. The molecular formula is C14H18Cl2N2O. The van der Waals surface area contributed by atoms with Crippen molar-refractivity contribution in [3.05, 3.63) is 29.8 Å². The third-order valence-corrected chi connectivity index (χ3v) is 4.61. The van der Waals surface area contributed by atoms with E-state index < -0.39 is 9.75 Å². The van der Waals surface area contributed by atoms with Crippen LogP contribution in [0.15, 0.2) is 24.3 Å². The predicted molar refractivity (Wildman–Crippen MR) is 79.6 cm³/mol. The Bertz CT molecular complexity index is 502. The summed E-state index contributed by atoms with van der Waals surface area (Å²) in [5.74, 6) is -0.122. The molecule has 1 aromatic rings. The highest BCUT2D eigenvalue weighted by molar-refractivity contribution is 6.53. The predicted octanol–water partition coefficient (Wildman–Crippen LogP) is 3.27. The number of halogens is 2. The van der Waals surface area contributed by atoms with Gasteiger partial charge in [0.2, 0.25) is 5.91 Å². The van der Waals surface area contributed by atoms with Crippen LogP contribution in [-0.4, -0.2) is 29.2 Å². The maximum atomic E-state index is 12.3. The molecule has 0 saturated heterocycles. The molecule has 1 aromatic carbocycles. The molecule has 1 atom stereocenters. The van der Waals surface area contributed by atoms with Gasteiger partial charge in [-0.25, -0.2) is 0 Å². The smallest absolute Gasteiger partial charge is 0.233 e. The summed E-state index contributed by atoms with van der Waals surface area (Å²) in [6.07, 6.45) is 0.491. The Morgan fingerprint density at radius 1 is 1.37 bits per heavy atom. The highest BCUT2D eigenvalue weighted by atomic mass is 35.5. The molecule has 1 aliphatic rings. The molecular weight excluding hydrogens is 283 g/mol. The molecule has 0 aliphatic heterocycles. The number of para-hydroxylation sites is 1. The lowest BCUT2D eigenvalue weighted by molar-refractivity contribution is -0.120. The normalized spacial score (nSPS) is 24.3. The summed E-state index contributed by atoms with van der Waals surface area (Å²) in [4.78, 5) is 14.3. The van der Waals surface area contributed by atoms with Gasteiger partial charge in [0.1, 0.15) is 4.33 Å². The average molecular weight is 301 g/mol. The third kappa shape index (κ3) is 2.88. The van der Waals surface area contributed by atoms with Gasteiger partial charge in [-0.15, -0.1) is 23.2 Å². The van der Waals surface area contributed by atoms with Crippen LogP contribution >= 0.6 is 23.2 Å². The van der Waals surface area contributed by atoms with E-state index in [0.29, 0.717) is 6.42 Å². The number of rotatable bonds is 4. The van der Waals surface area contributed by atoms with Crippen molar-refractivity contribution in [1.82, 2.24) is 4.90 Å². The van der Waals surface area contributed by atoms with Crippen LogP contribution in [0.3, 0.4) is 0 Å². The van der Waals surface area contributed by atoms with Gasteiger partial charge in [0, 0.05) is 12.2 Å². The lowest BCUT2D eigenvalue weighted by Crippen LogP contribution is -2.26. The second kappa shape index (κ2) is 4.97. The van der Waals surface area contributed by atoms with E-state index in [1.807, 2.05) is 38.4 Å². The number of anilines is 1. The molecule has 1 N–H and O–H groups in total. The minimum Gasteiger partial charge on any atom is -0.325 e. The molecule has 1 fully saturated rings. The standard InChI is InChI=1S/C14H18Cl2N2O/c1-13(9-14(13,15)16)12(19)17-11-7-5-4-6-10(11)8-18(2)3/h4-7H,8-9H2,1-3H3,(H,17,19). The number of nitrogens with zero attached hydrogens (tertiary/aromatic N) is 1. The Balaban J connectivity index is 2.14. The van der Waals surface area contributed by atoms with Crippen LogP contribution in [0.1, 0.15) is 18.9 Å². The van der Waals surface area contributed by atoms with Gasteiger partial charge in [-0.2, -0.15) is 0 Å². The van der Waals surface area contributed by atoms with Gasteiger partial charge >= 0.3 is 0 Å². The number of nitrogens with one attached hydrogen (secondary N) is 1. The van der Waals surface area contributed by atoms with Gasteiger partial charge in [-0.3, -0.25) is 4.79 Å². The van der Waals surface area contributed by atoms with E-state index in [1.54, 1.807) is 6.92 Å². The zero-order chi connectivity index (χ0) is 14.3. The maximum absolute atomic E-state index is 12.3. The van der Waals surface area contributed by atoms with E-state index in [-0.39, 0.29) is 5.91 Å². The summed E-state index contributed by atoms with van der Waals surface area (Å²) in [7, 11) is 3.98. The Morgan fingerprint density at radius 2 is 1.95 bits per heavy atom. The Morgan fingerprint density at radius 3 is 2.47 bits per heavy atom. The Hall–Kier alpha value is -0.770. The highest BCUT2D eigenvalue weighted by Crippen LogP contribution is 2.64. The van der Waals surface area contributed by atoms with E-state index in [2.05, 4.69) is 10.2 Å². The minimum absolute atomic E-state index is 0.122. The fourth-order valence-corrected chi connectivity index (χ4v) is 2.73. The number of carbonyl (C=O) groups is 1. The van der Waals surface area contributed by atoms with Crippen molar-refractivity contribution in [1.29, 1.82) is 0 Å². The van der Waals surface area contributed by atoms with Crippen LogP contribution in [0.5, 0.6) is 0 Å². The van der Waals surface area contributed by atoms with Crippen LogP contribution in [0.2, 0.25) is 0 Å². The molecule has 104 valence electrons. The molecule has 0 radical (unpaired) electrons. The van der Waals surface area contributed by atoms with Crippen molar-refractivity contribution in [3.63, 3.8) is 0 Å². The van der Waals surface area contributed by atoms with Crippen LogP contribution in [0.25, 0.3) is 0 Å².